The second-order valence-corrected chi connectivity index (χ2v) is 3.79. The number of benzene rings is 2. The van der Waals surface area contributed by atoms with Gasteiger partial charge in [0.15, 0.2) is 0 Å². The standard InChI is InChI=1S/C15H14F/c1-2-6-12-9-10-14(15(16)11-12)13-7-4-3-5-8-13/h2-5,7-11H,6H2,1H3. The highest BCUT2D eigenvalue weighted by Crippen LogP contribution is 2.23. The van der Waals surface area contributed by atoms with E-state index in [1.54, 1.807) is 6.07 Å². The predicted molar refractivity (Wildman–Crippen MR) is 65.5 cm³/mol. The molecule has 0 fully saturated rings. The van der Waals surface area contributed by atoms with Crippen molar-refractivity contribution in [3.05, 3.63) is 66.3 Å². The van der Waals surface area contributed by atoms with E-state index in [4.69, 9.17) is 0 Å². The molecule has 2 rings (SSSR count). The van der Waals surface area contributed by atoms with Crippen LogP contribution in [0.1, 0.15) is 12.5 Å². The normalized spacial score (nSPS) is 10.4. The van der Waals surface area contributed by atoms with Crippen LogP contribution in [0.4, 0.5) is 4.39 Å². The van der Waals surface area contributed by atoms with Crippen molar-refractivity contribution in [1.82, 2.24) is 0 Å². The van der Waals surface area contributed by atoms with Crippen LogP contribution in [0.5, 0.6) is 0 Å². The average Bonchev–Trinajstić information content (AvgIpc) is 2.31. The summed E-state index contributed by atoms with van der Waals surface area (Å²) in [7, 11) is 0. The zero-order valence-electron chi connectivity index (χ0n) is 9.28. The van der Waals surface area contributed by atoms with Gasteiger partial charge in [0.1, 0.15) is 5.82 Å². The SMILES string of the molecule is C[CH]Cc1ccc(-c2ccccc2)c(F)c1. The lowest BCUT2D eigenvalue weighted by atomic mass is 10.0. The molecule has 81 valence electrons. The molecule has 0 amide bonds. The molecule has 0 saturated carbocycles. The third-order valence-corrected chi connectivity index (χ3v) is 2.56. The number of rotatable bonds is 3. The number of halogens is 1. The van der Waals surface area contributed by atoms with E-state index in [2.05, 4.69) is 0 Å². The summed E-state index contributed by atoms with van der Waals surface area (Å²) in [6.45, 7) is 1.98. The molecule has 0 N–H and O–H groups in total. The summed E-state index contributed by atoms with van der Waals surface area (Å²) in [6.07, 6.45) is 2.84. The van der Waals surface area contributed by atoms with E-state index in [9.17, 15) is 4.39 Å². The fourth-order valence-corrected chi connectivity index (χ4v) is 1.77. The molecule has 16 heavy (non-hydrogen) atoms. The molecule has 2 aromatic rings. The van der Waals surface area contributed by atoms with Crippen LogP contribution in [0.3, 0.4) is 0 Å². The topological polar surface area (TPSA) is 0 Å². The smallest absolute Gasteiger partial charge is 0.131 e. The molecule has 0 atom stereocenters. The van der Waals surface area contributed by atoms with Crippen LogP contribution in [0.2, 0.25) is 0 Å². The minimum absolute atomic E-state index is 0.148. The molecular weight excluding hydrogens is 199 g/mol. The first-order valence-electron chi connectivity index (χ1n) is 5.43. The van der Waals surface area contributed by atoms with Crippen molar-refractivity contribution < 1.29 is 4.39 Å². The quantitative estimate of drug-likeness (QED) is 0.714. The van der Waals surface area contributed by atoms with E-state index in [1.807, 2.05) is 55.8 Å². The molecule has 0 bridgehead atoms. The lowest BCUT2D eigenvalue weighted by Gasteiger charge is -2.05. The molecule has 0 aliphatic carbocycles. The minimum atomic E-state index is -0.148. The van der Waals surface area contributed by atoms with Gasteiger partial charge >= 0.3 is 0 Å². The summed E-state index contributed by atoms with van der Waals surface area (Å²) in [6, 6.07) is 15.1. The van der Waals surface area contributed by atoms with Gasteiger partial charge in [-0.25, -0.2) is 4.39 Å². The van der Waals surface area contributed by atoms with Gasteiger partial charge in [0.25, 0.3) is 0 Å². The van der Waals surface area contributed by atoms with E-state index in [-0.39, 0.29) is 5.82 Å². The van der Waals surface area contributed by atoms with Crippen LogP contribution >= 0.6 is 0 Å². The maximum Gasteiger partial charge on any atom is 0.131 e. The molecule has 1 heteroatoms. The van der Waals surface area contributed by atoms with Gasteiger partial charge in [-0.2, -0.15) is 0 Å². The van der Waals surface area contributed by atoms with Crippen LogP contribution in [-0.4, -0.2) is 0 Å². The van der Waals surface area contributed by atoms with Crippen LogP contribution in [0, 0.1) is 12.2 Å². The molecule has 0 heterocycles. The van der Waals surface area contributed by atoms with Gasteiger partial charge in [0, 0.05) is 5.56 Å². The van der Waals surface area contributed by atoms with Crippen LogP contribution in [0.15, 0.2) is 48.5 Å². The first-order valence-corrected chi connectivity index (χ1v) is 5.43. The van der Waals surface area contributed by atoms with Crippen molar-refractivity contribution in [3.63, 3.8) is 0 Å². The lowest BCUT2D eigenvalue weighted by Crippen LogP contribution is -1.89. The van der Waals surface area contributed by atoms with Crippen molar-refractivity contribution in [2.75, 3.05) is 0 Å². The first kappa shape index (κ1) is 10.9. The highest BCUT2D eigenvalue weighted by atomic mass is 19.1. The Morgan fingerprint density at radius 2 is 1.81 bits per heavy atom. The molecule has 1 radical (unpaired) electrons. The summed E-state index contributed by atoms with van der Waals surface area (Å²) in [4.78, 5) is 0. The fraction of sp³-hybridized carbons (Fsp3) is 0.133. The Morgan fingerprint density at radius 1 is 1.06 bits per heavy atom. The molecule has 0 nitrogen and oxygen atoms in total. The zero-order valence-corrected chi connectivity index (χ0v) is 9.28. The Balaban J connectivity index is 2.37. The molecule has 0 saturated heterocycles. The minimum Gasteiger partial charge on any atom is -0.206 e. The third-order valence-electron chi connectivity index (χ3n) is 2.56. The maximum absolute atomic E-state index is 13.8. The fourth-order valence-electron chi connectivity index (χ4n) is 1.77. The van der Waals surface area contributed by atoms with Crippen molar-refractivity contribution >= 4 is 0 Å². The van der Waals surface area contributed by atoms with Gasteiger partial charge in [-0.15, -0.1) is 0 Å². The van der Waals surface area contributed by atoms with Crippen molar-refractivity contribution in [1.29, 1.82) is 0 Å². The monoisotopic (exact) mass is 213 g/mol. The number of hydrogen-bond donors (Lipinski definition) is 0. The van der Waals surface area contributed by atoms with Gasteiger partial charge in [0.2, 0.25) is 0 Å². The molecular formula is C15H14F. The summed E-state index contributed by atoms with van der Waals surface area (Å²) in [5, 5.41) is 0. The highest BCUT2D eigenvalue weighted by Gasteiger charge is 2.05. The highest BCUT2D eigenvalue weighted by molar-refractivity contribution is 5.64. The van der Waals surface area contributed by atoms with E-state index in [0.29, 0.717) is 5.56 Å². The number of hydrogen-bond acceptors (Lipinski definition) is 0. The van der Waals surface area contributed by atoms with E-state index < -0.39 is 0 Å². The van der Waals surface area contributed by atoms with Gasteiger partial charge in [-0.05, 0) is 30.0 Å². The zero-order chi connectivity index (χ0) is 11.4. The Bertz CT molecular complexity index is 460. The molecule has 0 unspecified atom stereocenters. The van der Waals surface area contributed by atoms with Crippen molar-refractivity contribution in [2.24, 2.45) is 0 Å². The molecule has 0 aromatic heterocycles. The Labute approximate surface area is 95.7 Å². The van der Waals surface area contributed by atoms with Gasteiger partial charge < -0.3 is 0 Å². The van der Waals surface area contributed by atoms with E-state index in [1.165, 1.54) is 0 Å². The van der Waals surface area contributed by atoms with Gasteiger partial charge in [-0.3, -0.25) is 0 Å². The summed E-state index contributed by atoms with van der Waals surface area (Å²) >= 11 is 0. The maximum atomic E-state index is 13.8. The van der Waals surface area contributed by atoms with E-state index >= 15 is 0 Å². The third kappa shape index (κ3) is 2.30. The van der Waals surface area contributed by atoms with Gasteiger partial charge in [-0.1, -0.05) is 49.4 Å². The largest absolute Gasteiger partial charge is 0.206 e. The molecule has 0 aliphatic rings. The predicted octanol–water partition coefficient (Wildman–Crippen LogP) is 4.26. The van der Waals surface area contributed by atoms with Crippen LogP contribution < -0.4 is 0 Å². The Morgan fingerprint density at radius 3 is 2.44 bits per heavy atom. The summed E-state index contributed by atoms with van der Waals surface area (Å²) in [5.41, 5.74) is 2.60. The van der Waals surface area contributed by atoms with E-state index in [0.717, 1.165) is 17.5 Å². The molecule has 0 spiro atoms. The van der Waals surface area contributed by atoms with Crippen LogP contribution in [0.25, 0.3) is 11.1 Å². The summed E-state index contributed by atoms with van der Waals surface area (Å²) < 4.78 is 13.8. The Kier molecular flexibility index (Phi) is 3.35. The lowest BCUT2D eigenvalue weighted by molar-refractivity contribution is 0.629. The van der Waals surface area contributed by atoms with Gasteiger partial charge in [0.05, 0.1) is 0 Å². The second-order valence-electron chi connectivity index (χ2n) is 3.79. The van der Waals surface area contributed by atoms with Crippen molar-refractivity contribution in [2.45, 2.75) is 13.3 Å². The summed E-state index contributed by atoms with van der Waals surface area (Å²) in [5.74, 6) is -0.148. The second kappa shape index (κ2) is 4.93. The van der Waals surface area contributed by atoms with Crippen LogP contribution in [-0.2, 0) is 6.42 Å². The molecule has 2 aromatic carbocycles. The molecule has 0 aliphatic heterocycles. The Hall–Kier alpha value is -1.63. The first-order chi connectivity index (χ1) is 7.81. The average molecular weight is 213 g/mol. The van der Waals surface area contributed by atoms with Crippen molar-refractivity contribution in [3.8, 4) is 11.1 Å².